The second-order valence-corrected chi connectivity index (χ2v) is 8.50. The lowest BCUT2D eigenvalue weighted by atomic mass is 9.91. The minimum absolute atomic E-state index is 0.0134. The largest absolute Gasteiger partial charge is 0.287 e. The van der Waals surface area contributed by atoms with Crippen LogP contribution in [0.1, 0.15) is 32.9 Å². The van der Waals surface area contributed by atoms with Crippen molar-refractivity contribution in [3.63, 3.8) is 0 Å². The van der Waals surface area contributed by atoms with Crippen LogP contribution in [0.4, 0.5) is 0 Å². The second-order valence-electron chi connectivity index (χ2n) is 6.62. The van der Waals surface area contributed by atoms with Crippen LogP contribution in [0.25, 0.3) is 11.3 Å². The summed E-state index contributed by atoms with van der Waals surface area (Å²) in [4.78, 5) is 22.8. The molecule has 0 amide bonds. The molecule has 4 nitrogen and oxygen atoms in total. The Balaban J connectivity index is 2.12. The molecule has 1 aliphatic heterocycles. The van der Waals surface area contributed by atoms with Crippen LogP contribution < -0.4 is 5.56 Å². The molecular formula is C17H21N3OS2. The zero-order valence-corrected chi connectivity index (χ0v) is 15.6. The third-order valence-corrected chi connectivity index (χ3v) is 5.70. The lowest BCUT2D eigenvalue weighted by Gasteiger charge is -2.20. The number of thioether (sulfide) groups is 2. The highest BCUT2D eigenvalue weighted by atomic mass is 32.2. The first kappa shape index (κ1) is 16.6. The molecule has 0 bridgehead atoms. The molecule has 2 aromatic rings. The zero-order valence-electron chi connectivity index (χ0n) is 13.9. The fourth-order valence-corrected chi connectivity index (χ4v) is 4.15. The molecule has 3 rings (SSSR count). The summed E-state index contributed by atoms with van der Waals surface area (Å²) in [6.07, 6.45) is 4.79. The summed E-state index contributed by atoms with van der Waals surface area (Å²) in [6, 6.07) is 4.06. The summed E-state index contributed by atoms with van der Waals surface area (Å²) < 4.78 is 1.81. The topological polar surface area (TPSA) is 47.8 Å². The van der Waals surface area contributed by atoms with Gasteiger partial charge in [-0.2, -0.15) is 0 Å². The highest BCUT2D eigenvalue weighted by molar-refractivity contribution is 7.99. The summed E-state index contributed by atoms with van der Waals surface area (Å²) in [5, 5.41) is 0.828. The lowest BCUT2D eigenvalue weighted by molar-refractivity contribution is 0.552. The monoisotopic (exact) mass is 347 g/mol. The molecule has 3 heterocycles. The van der Waals surface area contributed by atoms with Crippen molar-refractivity contribution in [3.05, 3.63) is 34.4 Å². The van der Waals surface area contributed by atoms with Gasteiger partial charge in [0.25, 0.3) is 5.56 Å². The van der Waals surface area contributed by atoms with Crippen molar-refractivity contribution in [1.29, 1.82) is 0 Å². The quantitative estimate of drug-likeness (QED) is 0.610. The first-order valence-electron chi connectivity index (χ1n) is 7.70. The van der Waals surface area contributed by atoms with Crippen LogP contribution in [-0.2, 0) is 12.0 Å². The van der Waals surface area contributed by atoms with Crippen molar-refractivity contribution in [2.24, 2.45) is 0 Å². The maximum Gasteiger partial charge on any atom is 0.268 e. The standard InChI is InChI=1S/C17H21N3OS2/c1-17(2,3)12-7-6-11(10-18-12)13-14(22-4)15(21)20-8-5-9-23-16(20)19-13/h6-7,10H,5,8-9H2,1-4H3. The summed E-state index contributed by atoms with van der Waals surface area (Å²) in [5.41, 5.74) is 2.80. The van der Waals surface area contributed by atoms with Gasteiger partial charge in [-0.15, -0.1) is 11.8 Å². The molecule has 1 aliphatic rings. The van der Waals surface area contributed by atoms with Crippen molar-refractivity contribution in [1.82, 2.24) is 14.5 Å². The van der Waals surface area contributed by atoms with E-state index in [0.717, 1.165) is 40.8 Å². The molecule has 0 unspecified atom stereocenters. The van der Waals surface area contributed by atoms with Gasteiger partial charge in [-0.1, -0.05) is 32.5 Å². The Morgan fingerprint density at radius 1 is 1.30 bits per heavy atom. The van der Waals surface area contributed by atoms with Crippen molar-refractivity contribution < 1.29 is 0 Å². The lowest BCUT2D eigenvalue weighted by Crippen LogP contribution is -2.28. The van der Waals surface area contributed by atoms with E-state index in [-0.39, 0.29) is 11.0 Å². The maximum absolute atomic E-state index is 12.7. The predicted molar refractivity (Wildman–Crippen MR) is 97.6 cm³/mol. The third kappa shape index (κ3) is 3.19. The molecule has 0 saturated carbocycles. The zero-order chi connectivity index (χ0) is 16.6. The van der Waals surface area contributed by atoms with E-state index in [2.05, 4.69) is 25.8 Å². The number of aromatic nitrogens is 3. The highest BCUT2D eigenvalue weighted by Crippen LogP contribution is 2.31. The number of fused-ring (bicyclic) bond motifs is 1. The molecule has 2 aromatic heterocycles. The van der Waals surface area contributed by atoms with Crippen LogP contribution in [0.15, 0.2) is 33.2 Å². The van der Waals surface area contributed by atoms with Crippen LogP contribution in [0.3, 0.4) is 0 Å². The van der Waals surface area contributed by atoms with Gasteiger partial charge in [0.15, 0.2) is 5.16 Å². The van der Waals surface area contributed by atoms with Gasteiger partial charge in [-0.05, 0) is 24.8 Å². The van der Waals surface area contributed by atoms with E-state index in [9.17, 15) is 4.79 Å². The molecule has 0 aliphatic carbocycles. The number of rotatable bonds is 2. The van der Waals surface area contributed by atoms with Gasteiger partial charge in [0, 0.05) is 35.2 Å². The van der Waals surface area contributed by atoms with E-state index in [0.29, 0.717) is 4.90 Å². The third-order valence-electron chi connectivity index (χ3n) is 3.86. The Bertz CT molecular complexity index is 776. The molecule has 23 heavy (non-hydrogen) atoms. The van der Waals surface area contributed by atoms with E-state index in [4.69, 9.17) is 4.98 Å². The SMILES string of the molecule is CSc1c(-c2ccc(C(C)(C)C)nc2)nc2n(c1=O)CCCS2. The van der Waals surface area contributed by atoms with Crippen molar-refractivity contribution in [2.75, 3.05) is 12.0 Å². The number of hydrogen-bond donors (Lipinski definition) is 0. The van der Waals surface area contributed by atoms with Gasteiger partial charge in [-0.25, -0.2) is 4.98 Å². The van der Waals surface area contributed by atoms with Crippen molar-refractivity contribution >= 4 is 23.5 Å². The Morgan fingerprint density at radius 2 is 2.09 bits per heavy atom. The Kier molecular flexibility index (Phi) is 4.56. The molecule has 6 heteroatoms. The van der Waals surface area contributed by atoms with E-state index in [1.165, 1.54) is 11.8 Å². The number of pyridine rings is 1. The first-order valence-corrected chi connectivity index (χ1v) is 9.91. The maximum atomic E-state index is 12.7. The van der Waals surface area contributed by atoms with Crippen LogP contribution in [0.2, 0.25) is 0 Å². The van der Waals surface area contributed by atoms with E-state index in [1.807, 2.05) is 24.6 Å². The summed E-state index contributed by atoms with van der Waals surface area (Å²) in [6.45, 7) is 7.19. The number of nitrogens with zero attached hydrogens (tertiary/aromatic N) is 3. The van der Waals surface area contributed by atoms with Crippen LogP contribution in [-0.4, -0.2) is 26.5 Å². The Morgan fingerprint density at radius 3 is 2.70 bits per heavy atom. The first-order chi connectivity index (χ1) is 10.9. The van der Waals surface area contributed by atoms with Gasteiger partial charge >= 0.3 is 0 Å². The molecule has 0 fully saturated rings. The molecular weight excluding hydrogens is 326 g/mol. The van der Waals surface area contributed by atoms with E-state index >= 15 is 0 Å². The Hall–Kier alpha value is -1.27. The highest BCUT2D eigenvalue weighted by Gasteiger charge is 2.21. The van der Waals surface area contributed by atoms with Crippen molar-refractivity contribution in [3.8, 4) is 11.3 Å². The second kappa shape index (κ2) is 6.32. The van der Waals surface area contributed by atoms with Gasteiger partial charge in [0.1, 0.15) is 0 Å². The fourth-order valence-electron chi connectivity index (χ4n) is 2.57. The molecule has 122 valence electrons. The van der Waals surface area contributed by atoms with Crippen LogP contribution >= 0.6 is 23.5 Å². The molecule has 0 N–H and O–H groups in total. The van der Waals surface area contributed by atoms with Gasteiger partial charge in [-0.3, -0.25) is 14.3 Å². The van der Waals surface area contributed by atoms with Crippen molar-refractivity contribution in [2.45, 2.75) is 49.2 Å². The smallest absolute Gasteiger partial charge is 0.268 e. The fraction of sp³-hybridized carbons (Fsp3) is 0.471. The number of hydrogen-bond acceptors (Lipinski definition) is 5. The molecule has 0 spiro atoms. The average Bonchev–Trinajstić information content (AvgIpc) is 2.54. The van der Waals surface area contributed by atoms with Gasteiger partial charge in [0.05, 0.1) is 10.6 Å². The van der Waals surface area contributed by atoms with Gasteiger partial charge < -0.3 is 0 Å². The predicted octanol–water partition coefficient (Wildman–Crippen LogP) is 3.82. The summed E-state index contributed by atoms with van der Waals surface area (Å²) in [7, 11) is 0. The summed E-state index contributed by atoms with van der Waals surface area (Å²) in [5.74, 6) is 1.02. The molecule has 0 saturated heterocycles. The van der Waals surface area contributed by atoms with Gasteiger partial charge in [0.2, 0.25) is 0 Å². The average molecular weight is 348 g/mol. The van der Waals surface area contributed by atoms with Crippen LogP contribution in [0.5, 0.6) is 0 Å². The minimum atomic E-state index is 0.0134. The van der Waals surface area contributed by atoms with E-state index in [1.54, 1.807) is 16.3 Å². The van der Waals surface area contributed by atoms with Crippen LogP contribution in [0, 0.1) is 0 Å². The summed E-state index contributed by atoms with van der Waals surface area (Å²) >= 11 is 3.13. The molecule has 0 atom stereocenters. The molecule has 0 aromatic carbocycles. The minimum Gasteiger partial charge on any atom is -0.287 e. The molecule has 0 radical (unpaired) electrons. The normalized spacial score (nSPS) is 14.6. The van der Waals surface area contributed by atoms with E-state index < -0.39 is 0 Å². The Labute approximate surface area is 145 Å².